The second-order valence-electron chi connectivity index (χ2n) is 3.30. The Balaban J connectivity index is 2.36. The fraction of sp³-hybridized carbons (Fsp3) is 0.273. The Morgan fingerprint density at radius 3 is 2.47 bits per heavy atom. The third-order valence-electron chi connectivity index (χ3n) is 2.31. The molecule has 80 valence electrons. The van der Waals surface area contributed by atoms with Crippen LogP contribution in [0, 0.1) is 5.82 Å². The minimum absolute atomic E-state index is 0.341. The second kappa shape index (κ2) is 3.46. The maximum absolute atomic E-state index is 13.7. The topological polar surface area (TPSA) is 27.7 Å². The highest BCUT2D eigenvalue weighted by Crippen LogP contribution is 2.34. The van der Waals surface area contributed by atoms with Crippen LogP contribution < -0.4 is 4.74 Å². The molecule has 1 aliphatic rings. The molecule has 0 fully saturated rings. The first-order valence-electron chi connectivity index (χ1n) is 4.50. The first-order valence-corrected chi connectivity index (χ1v) is 4.50. The molecule has 1 aromatic carbocycles. The van der Waals surface area contributed by atoms with Crippen LogP contribution in [0.5, 0.6) is 5.75 Å². The molecule has 2 rings (SSSR count). The van der Waals surface area contributed by atoms with E-state index in [1.807, 2.05) is 0 Å². The zero-order chi connectivity index (χ0) is 10.9. The van der Waals surface area contributed by atoms with Crippen molar-refractivity contribution in [2.45, 2.75) is 12.7 Å². The minimum atomic E-state index is -1.07. The Labute approximate surface area is 87.1 Å². The number of ether oxygens (including phenoxy) is 3. The lowest BCUT2D eigenvalue weighted by molar-refractivity contribution is -0.135. The summed E-state index contributed by atoms with van der Waals surface area (Å²) in [7, 11) is 1.49. The first kappa shape index (κ1) is 9.83. The highest BCUT2D eigenvalue weighted by atomic mass is 19.1. The van der Waals surface area contributed by atoms with E-state index in [0.717, 1.165) is 0 Å². The van der Waals surface area contributed by atoms with Gasteiger partial charge in [-0.05, 0) is 12.1 Å². The van der Waals surface area contributed by atoms with Crippen molar-refractivity contribution in [3.63, 3.8) is 0 Å². The molecule has 0 atom stereocenters. The van der Waals surface area contributed by atoms with E-state index < -0.39 is 11.6 Å². The van der Waals surface area contributed by atoms with Crippen molar-refractivity contribution >= 4 is 0 Å². The SMILES string of the molecule is COc1ccc(C2(C)OC=CO2)c(F)c1. The van der Waals surface area contributed by atoms with Gasteiger partial charge in [-0.25, -0.2) is 4.39 Å². The zero-order valence-corrected chi connectivity index (χ0v) is 8.49. The minimum Gasteiger partial charge on any atom is -0.497 e. The zero-order valence-electron chi connectivity index (χ0n) is 8.49. The lowest BCUT2D eigenvalue weighted by Gasteiger charge is -2.23. The van der Waals surface area contributed by atoms with E-state index in [1.165, 1.54) is 25.7 Å². The van der Waals surface area contributed by atoms with Gasteiger partial charge in [0.1, 0.15) is 24.1 Å². The summed E-state index contributed by atoms with van der Waals surface area (Å²) in [6.45, 7) is 1.65. The molecule has 0 amide bonds. The molecule has 0 saturated carbocycles. The van der Waals surface area contributed by atoms with Crippen LogP contribution in [-0.4, -0.2) is 7.11 Å². The van der Waals surface area contributed by atoms with E-state index in [4.69, 9.17) is 14.2 Å². The Hall–Kier alpha value is -1.71. The van der Waals surface area contributed by atoms with Crippen LogP contribution in [0.25, 0.3) is 0 Å². The average Bonchev–Trinajstić information content (AvgIpc) is 2.65. The third kappa shape index (κ3) is 1.63. The van der Waals surface area contributed by atoms with Gasteiger partial charge >= 0.3 is 0 Å². The van der Waals surface area contributed by atoms with Gasteiger partial charge in [-0.2, -0.15) is 0 Å². The molecule has 1 heterocycles. The number of benzene rings is 1. The second-order valence-corrected chi connectivity index (χ2v) is 3.30. The fourth-order valence-electron chi connectivity index (χ4n) is 1.46. The summed E-state index contributed by atoms with van der Waals surface area (Å²) in [5.41, 5.74) is 0.341. The highest BCUT2D eigenvalue weighted by molar-refractivity contribution is 5.31. The smallest absolute Gasteiger partial charge is 0.276 e. The normalized spacial score (nSPS) is 17.0. The Bertz CT molecular complexity index is 393. The van der Waals surface area contributed by atoms with E-state index in [2.05, 4.69) is 0 Å². The maximum atomic E-state index is 13.7. The quantitative estimate of drug-likeness (QED) is 0.750. The van der Waals surface area contributed by atoms with Gasteiger partial charge in [0.2, 0.25) is 0 Å². The van der Waals surface area contributed by atoms with Crippen molar-refractivity contribution in [1.82, 2.24) is 0 Å². The molecule has 0 aliphatic carbocycles. The molecule has 0 N–H and O–H groups in total. The molecule has 15 heavy (non-hydrogen) atoms. The predicted octanol–water partition coefficient (Wildman–Crippen LogP) is 2.53. The van der Waals surface area contributed by atoms with Gasteiger partial charge in [0, 0.05) is 13.0 Å². The van der Waals surface area contributed by atoms with Crippen LogP contribution in [0.4, 0.5) is 4.39 Å². The fourth-order valence-corrected chi connectivity index (χ4v) is 1.46. The van der Waals surface area contributed by atoms with Crippen molar-refractivity contribution in [3.05, 3.63) is 42.1 Å². The van der Waals surface area contributed by atoms with Crippen LogP contribution >= 0.6 is 0 Å². The van der Waals surface area contributed by atoms with Gasteiger partial charge < -0.3 is 14.2 Å². The van der Waals surface area contributed by atoms with E-state index in [0.29, 0.717) is 11.3 Å². The summed E-state index contributed by atoms with van der Waals surface area (Å²) >= 11 is 0. The van der Waals surface area contributed by atoms with E-state index in [-0.39, 0.29) is 0 Å². The van der Waals surface area contributed by atoms with Gasteiger partial charge in [0.05, 0.1) is 12.7 Å². The molecule has 0 bridgehead atoms. The van der Waals surface area contributed by atoms with Gasteiger partial charge in [-0.15, -0.1) is 0 Å². The first-order chi connectivity index (χ1) is 7.15. The molecule has 0 radical (unpaired) electrons. The molecule has 0 aromatic heterocycles. The molecule has 0 unspecified atom stereocenters. The van der Waals surface area contributed by atoms with E-state index in [1.54, 1.807) is 19.1 Å². The van der Waals surface area contributed by atoms with Crippen LogP contribution in [0.15, 0.2) is 30.7 Å². The summed E-state index contributed by atoms with van der Waals surface area (Å²) in [6, 6.07) is 4.54. The molecule has 1 aliphatic heterocycles. The monoisotopic (exact) mass is 210 g/mol. The summed E-state index contributed by atoms with van der Waals surface area (Å²) in [5, 5.41) is 0. The van der Waals surface area contributed by atoms with Gasteiger partial charge in [-0.3, -0.25) is 0 Å². The number of rotatable bonds is 2. The average molecular weight is 210 g/mol. The van der Waals surface area contributed by atoms with Crippen LogP contribution in [0.1, 0.15) is 12.5 Å². The lowest BCUT2D eigenvalue weighted by atomic mass is 10.1. The Kier molecular flexibility index (Phi) is 2.26. The number of hydrogen-bond donors (Lipinski definition) is 0. The summed E-state index contributed by atoms with van der Waals surface area (Å²) in [5.74, 6) is -1.03. The molecular formula is C11H11FO3. The molecule has 0 saturated heterocycles. The number of methoxy groups -OCH3 is 1. The van der Waals surface area contributed by atoms with Crippen molar-refractivity contribution in [1.29, 1.82) is 0 Å². The number of halogens is 1. The Morgan fingerprint density at radius 2 is 1.93 bits per heavy atom. The highest BCUT2D eigenvalue weighted by Gasteiger charge is 2.34. The van der Waals surface area contributed by atoms with Gasteiger partial charge in [0.15, 0.2) is 0 Å². The molecule has 0 spiro atoms. The van der Waals surface area contributed by atoms with Crippen LogP contribution in [0.2, 0.25) is 0 Å². The van der Waals surface area contributed by atoms with Gasteiger partial charge in [0.25, 0.3) is 5.79 Å². The van der Waals surface area contributed by atoms with Crippen molar-refractivity contribution in [2.75, 3.05) is 7.11 Å². The van der Waals surface area contributed by atoms with Crippen molar-refractivity contribution in [3.8, 4) is 5.75 Å². The molecule has 4 heteroatoms. The number of hydrogen-bond acceptors (Lipinski definition) is 3. The summed E-state index contributed by atoms with van der Waals surface area (Å²) < 4.78 is 29.0. The third-order valence-corrected chi connectivity index (χ3v) is 2.31. The largest absolute Gasteiger partial charge is 0.497 e. The molecule has 1 aromatic rings. The van der Waals surface area contributed by atoms with E-state index >= 15 is 0 Å². The van der Waals surface area contributed by atoms with Crippen LogP contribution in [0.3, 0.4) is 0 Å². The Morgan fingerprint density at radius 1 is 1.27 bits per heavy atom. The maximum Gasteiger partial charge on any atom is 0.276 e. The molecule has 3 nitrogen and oxygen atoms in total. The standard InChI is InChI=1S/C11H11FO3/c1-11(14-5-6-15-11)9-4-3-8(13-2)7-10(9)12/h3-7H,1-2H3. The van der Waals surface area contributed by atoms with E-state index in [9.17, 15) is 4.39 Å². The van der Waals surface area contributed by atoms with Gasteiger partial charge in [-0.1, -0.05) is 0 Å². The summed E-state index contributed by atoms with van der Waals surface area (Å²) in [4.78, 5) is 0. The summed E-state index contributed by atoms with van der Waals surface area (Å²) in [6.07, 6.45) is 2.79. The van der Waals surface area contributed by atoms with Crippen molar-refractivity contribution in [2.24, 2.45) is 0 Å². The van der Waals surface area contributed by atoms with Crippen molar-refractivity contribution < 1.29 is 18.6 Å². The molecular weight excluding hydrogens is 199 g/mol. The predicted molar refractivity (Wildman–Crippen MR) is 51.6 cm³/mol. The lowest BCUT2D eigenvalue weighted by Crippen LogP contribution is -2.23. The van der Waals surface area contributed by atoms with Crippen LogP contribution in [-0.2, 0) is 15.3 Å².